The Bertz CT molecular complexity index is 494. The van der Waals surface area contributed by atoms with E-state index in [2.05, 4.69) is 0 Å². The zero-order valence-corrected chi connectivity index (χ0v) is 8.27. The number of carbonyl (C=O) groups excluding carboxylic acids is 1. The average molecular weight is 223 g/mol. The molecule has 6 heteroatoms. The number of fused-ring (bicyclic) bond motifs is 1. The molecular weight excluding hydrogens is 214 g/mol. The highest BCUT2D eigenvalue weighted by atomic mass is 16.6. The van der Waals surface area contributed by atoms with E-state index in [1.165, 1.54) is 0 Å². The number of benzene rings is 1. The summed E-state index contributed by atoms with van der Waals surface area (Å²) in [6, 6.07) is 0.817. The van der Waals surface area contributed by atoms with Crippen molar-refractivity contribution in [2.45, 2.75) is 19.3 Å². The number of rotatable bonds is 1. The maximum atomic E-state index is 11.5. The minimum Gasteiger partial charge on any atom is -0.507 e. The smallest absolute Gasteiger partial charge is 0.314 e. The van der Waals surface area contributed by atoms with E-state index in [1.54, 1.807) is 0 Å². The molecule has 0 saturated heterocycles. The fourth-order valence-electron chi connectivity index (χ4n) is 1.94. The molecule has 0 fully saturated rings. The summed E-state index contributed by atoms with van der Waals surface area (Å²) in [6.07, 6.45) is 1.18. The van der Waals surface area contributed by atoms with Crippen molar-refractivity contribution in [3.05, 3.63) is 27.3 Å². The molecule has 0 saturated carbocycles. The lowest BCUT2D eigenvalue weighted by molar-refractivity contribution is -0.386. The second-order valence-corrected chi connectivity index (χ2v) is 3.65. The second-order valence-electron chi connectivity index (χ2n) is 3.65. The quantitative estimate of drug-likeness (QED) is 0.427. The van der Waals surface area contributed by atoms with Crippen molar-refractivity contribution < 1.29 is 19.9 Å². The van der Waals surface area contributed by atoms with Crippen LogP contribution in [0.4, 0.5) is 5.69 Å². The maximum absolute atomic E-state index is 11.5. The lowest BCUT2D eigenvalue weighted by Gasteiger charge is -2.16. The van der Waals surface area contributed by atoms with Gasteiger partial charge >= 0.3 is 5.69 Å². The molecule has 0 spiro atoms. The molecule has 0 aromatic heterocycles. The first-order chi connectivity index (χ1) is 7.52. The van der Waals surface area contributed by atoms with Crippen molar-refractivity contribution in [2.75, 3.05) is 0 Å². The van der Waals surface area contributed by atoms with E-state index >= 15 is 0 Å². The summed E-state index contributed by atoms with van der Waals surface area (Å²) in [5.41, 5.74) is -0.358. The number of nitro benzene ring substituents is 1. The van der Waals surface area contributed by atoms with Crippen LogP contribution in [-0.4, -0.2) is 20.9 Å². The highest BCUT2D eigenvalue weighted by molar-refractivity contribution is 6.02. The van der Waals surface area contributed by atoms with Crippen molar-refractivity contribution in [2.24, 2.45) is 0 Å². The van der Waals surface area contributed by atoms with Gasteiger partial charge in [0.25, 0.3) is 0 Å². The second kappa shape index (κ2) is 3.48. The Balaban J connectivity index is 2.72. The minimum atomic E-state index is -0.783. The van der Waals surface area contributed by atoms with Gasteiger partial charge in [0.15, 0.2) is 11.5 Å². The molecule has 0 bridgehead atoms. The Hall–Kier alpha value is -2.11. The highest BCUT2D eigenvalue weighted by Gasteiger charge is 2.29. The number of phenolic OH excluding ortho intramolecular Hbond substituents is 2. The number of ketones is 1. The molecule has 2 N–H and O–H groups in total. The van der Waals surface area contributed by atoms with Crippen LogP contribution < -0.4 is 0 Å². The molecule has 0 unspecified atom stereocenters. The third-order valence-electron chi connectivity index (χ3n) is 2.67. The van der Waals surface area contributed by atoms with E-state index < -0.39 is 22.1 Å². The predicted octanol–water partition coefficient (Wildman–Crippen LogP) is 1.53. The molecular formula is C10H9NO5. The molecule has 0 aliphatic heterocycles. The molecule has 0 atom stereocenters. The summed E-state index contributed by atoms with van der Waals surface area (Å²) < 4.78 is 0. The van der Waals surface area contributed by atoms with E-state index in [0.717, 1.165) is 6.07 Å². The predicted molar refractivity (Wildman–Crippen MR) is 53.7 cm³/mol. The number of nitro groups is 1. The van der Waals surface area contributed by atoms with Crippen LogP contribution in [0, 0.1) is 10.1 Å². The van der Waals surface area contributed by atoms with Gasteiger partial charge in [0.2, 0.25) is 0 Å². The van der Waals surface area contributed by atoms with Gasteiger partial charge in [0, 0.05) is 12.0 Å². The molecule has 84 valence electrons. The van der Waals surface area contributed by atoms with E-state index in [4.69, 9.17) is 0 Å². The average Bonchev–Trinajstić information content (AvgIpc) is 2.22. The van der Waals surface area contributed by atoms with E-state index in [9.17, 15) is 25.1 Å². The van der Waals surface area contributed by atoms with Gasteiger partial charge in [-0.15, -0.1) is 0 Å². The van der Waals surface area contributed by atoms with Crippen molar-refractivity contribution in [3.63, 3.8) is 0 Å². The summed E-state index contributed by atoms with van der Waals surface area (Å²) in [6.45, 7) is 0. The standard InChI is InChI=1S/C10H9NO5/c12-7-3-1-2-5-9(7)8(13)4-6(10(5)14)11(15)16/h4,13-14H,1-3H2. The van der Waals surface area contributed by atoms with Crippen molar-refractivity contribution in [1.82, 2.24) is 0 Å². The Kier molecular flexibility index (Phi) is 2.26. The zero-order chi connectivity index (χ0) is 11.9. The monoisotopic (exact) mass is 223 g/mol. The van der Waals surface area contributed by atoms with E-state index in [-0.39, 0.29) is 23.3 Å². The number of Topliss-reactive ketones (excluding diaryl/α,β-unsaturated/α-hetero) is 1. The van der Waals surface area contributed by atoms with Crippen molar-refractivity contribution in [1.29, 1.82) is 0 Å². The first-order valence-corrected chi connectivity index (χ1v) is 4.77. The molecule has 16 heavy (non-hydrogen) atoms. The van der Waals surface area contributed by atoms with E-state index in [1.807, 2.05) is 0 Å². The molecule has 0 radical (unpaired) electrons. The Morgan fingerprint density at radius 2 is 2.00 bits per heavy atom. The fourth-order valence-corrected chi connectivity index (χ4v) is 1.94. The fraction of sp³-hybridized carbons (Fsp3) is 0.300. The molecule has 2 rings (SSSR count). The third-order valence-corrected chi connectivity index (χ3v) is 2.67. The molecule has 1 aliphatic rings. The van der Waals surface area contributed by atoms with E-state index in [0.29, 0.717) is 12.8 Å². The van der Waals surface area contributed by atoms with Gasteiger partial charge in [-0.1, -0.05) is 0 Å². The highest BCUT2D eigenvalue weighted by Crippen LogP contribution is 2.41. The molecule has 1 aromatic rings. The number of hydrogen-bond acceptors (Lipinski definition) is 5. The van der Waals surface area contributed by atoms with Gasteiger partial charge in [-0.2, -0.15) is 0 Å². The van der Waals surface area contributed by atoms with Gasteiger partial charge < -0.3 is 10.2 Å². The minimum absolute atomic E-state index is 0.0225. The van der Waals surface area contributed by atoms with Crippen LogP contribution >= 0.6 is 0 Å². The molecule has 0 amide bonds. The molecule has 1 aliphatic carbocycles. The Labute approximate surface area is 90.3 Å². The maximum Gasteiger partial charge on any atom is 0.314 e. The lowest BCUT2D eigenvalue weighted by atomic mass is 9.88. The van der Waals surface area contributed by atoms with Crippen LogP contribution in [0.2, 0.25) is 0 Å². The summed E-state index contributed by atoms with van der Waals surface area (Å²) in [5, 5.41) is 29.8. The van der Waals surface area contributed by atoms with Gasteiger partial charge in [-0.25, -0.2) is 0 Å². The topological polar surface area (TPSA) is 101 Å². The van der Waals surface area contributed by atoms with Gasteiger partial charge in [-0.3, -0.25) is 14.9 Å². The first kappa shape index (κ1) is 10.4. The van der Waals surface area contributed by atoms with Gasteiger partial charge in [0.1, 0.15) is 5.75 Å². The third kappa shape index (κ3) is 1.39. The number of carbonyl (C=O) groups is 1. The van der Waals surface area contributed by atoms with Gasteiger partial charge in [0.05, 0.1) is 16.6 Å². The van der Waals surface area contributed by atoms with Crippen molar-refractivity contribution >= 4 is 11.5 Å². The van der Waals surface area contributed by atoms with Crippen molar-refractivity contribution in [3.8, 4) is 11.5 Å². The van der Waals surface area contributed by atoms with Crippen LogP contribution in [0.25, 0.3) is 0 Å². The lowest BCUT2D eigenvalue weighted by Crippen LogP contribution is -2.12. The normalized spacial score (nSPS) is 14.6. The van der Waals surface area contributed by atoms with Crippen LogP contribution in [0.1, 0.15) is 28.8 Å². The summed E-state index contributed by atoms with van der Waals surface area (Å²) in [5.74, 6) is -1.22. The number of aromatic hydroxyl groups is 2. The molecule has 0 heterocycles. The molecule has 6 nitrogen and oxygen atoms in total. The Morgan fingerprint density at radius 3 is 2.62 bits per heavy atom. The summed E-state index contributed by atoms with van der Waals surface area (Å²) >= 11 is 0. The number of phenols is 2. The first-order valence-electron chi connectivity index (χ1n) is 4.77. The SMILES string of the molecule is O=C1CCCc2c(O)c([N+](=O)[O-])cc(O)c21. The summed E-state index contributed by atoms with van der Waals surface area (Å²) in [7, 11) is 0. The molecule has 1 aromatic carbocycles. The van der Waals surface area contributed by atoms with Crippen LogP contribution in [0.5, 0.6) is 11.5 Å². The van der Waals surface area contributed by atoms with Gasteiger partial charge in [-0.05, 0) is 12.8 Å². The summed E-state index contributed by atoms with van der Waals surface area (Å²) in [4.78, 5) is 21.3. The zero-order valence-electron chi connectivity index (χ0n) is 8.27. The van der Waals surface area contributed by atoms with Crippen LogP contribution in [-0.2, 0) is 6.42 Å². The Morgan fingerprint density at radius 1 is 1.31 bits per heavy atom. The largest absolute Gasteiger partial charge is 0.507 e. The van der Waals surface area contributed by atoms with Crippen LogP contribution in [0.3, 0.4) is 0 Å². The number of nitrogens with zero attached hydrogens (tertiary/aromatic N) is 1. The number of hydrogen-bond donors (Lipinski definition) is 2. The van der Waals surface area contributed by atoms with Crippen LogP contribution in [0.15, 0.2) is 6.07 Å².